The van der Waals surface area contributed by atoms with Crippen LogP contribution in [-0.2, 0) is 18.2 Å². The minimum absolute atomic E-state index is 0.326. The highest BCUT2D eigenvalue weighted by Crippen LogP contribution is 2.41. The zero-order valence-corrected chi connectivity index (χ0v) is 15.9. The summed E-state index contributed by atoms with van der Waals surface area (Å²) in [6.45, 7) is 2.16. The van der Waals surface area contributed by atoms with Gasteiger partial charge in [0, 0.05) is 34.1 Å². The number of hydrogen-bond acceptors (Lipinski definition) is 2. The van der Waals surface area contributed by atoms with Crippen LogP contribution in [0.25, 0.3) is 32.6 Å². The summed E-state index contributed by atoms with van der Waals surface area (Å²) in [6, 6.07) is 14.0. The molecule has 1 aromatic heterocycles. The van der Waals surface area contributed by atoms with Gasteiger partial charge in [0.05, 0.1) is 23.2 Å². The third kappa shape index (κ3) is 2.31. The third-order valence-corrected chi connectivity index (χ3v) is 5.54. The number of esters is 1. The van der Waals surface area contributed by atoms with Gasteiger partial charge >= 0.3 is 5.97 Å². The Kier molecular flexibility index (Phi) is 4.12. The first-order chi connectivity index (χ1) is 12.6. The molecule has 0 fully saturated rings. The molecule has 132 valence electrons. The van der Waals surface area contributed by atoms with Crippen LogP contribution < -0.4 is 0 Å². The summed E-state index contributed by atoms with van der Waals surface area (Å²) >= 11 is 6.84. The zero-order chi connectivity index (χ0) is 18.4. The van der Waals surface area contributed by atoms with Crippen molar-refractivity contribution in [2.24, 2.45) is 7.05 Å². The smallest absolute Gasteiger partial charge is 0.337 e. The number of methoxy groups -OCH3 is 1. The highest BCUT2D eigenvalue weighted by Gasteiger charge is 2.20. The average molecular weight is 366 g/mol. The number of benzene rings is 3. The van der Waals surface area contributed by atoms with E-state index in [1.165, 1.54) is 7.11 Å². The highest BCUT2D eigenvalue weighted by molar-refractivity contribution is 6.39. The van der Waals surface area contributed by atoms with Crippen LogP contribution >= 0.6 is 11.6 Å². The molecule has 0 N–H and O–H groups in total. The van der Waals surface area contributed by atoms with Gasteiger partial charge in [-0.05, 0) is 30.2 Å². The Morgan fingerprint density at radius 1 is 1.12 bits per heavy atom. The van der Waals surface area contributed by atoms with E-state index in [9.17, 15) is 4.79 Å². The van der Waals surface area contributed by atoms with E-state index in [2.05, 4.69) is 30.7 Å². The minimum atomic E-state index is -0.326. The molecule has 0 unspecified atom stereocenters. The van der Waals surface area contributed by atoms with E-state index >= 15 is 0 Å². The predicted octanol–water partition coefficient (Wildman–Crippen LogP) is 5.88. The quantitative estimate of drug-likeness (QED) is 0.425. The Labute approximate surface area is 157 Å². The SMILES string of the molecule is CCCc1c(Cl)c2ccccc2c2c1c1cc(C(=O)OC)ccc1n2C. The van der Waals surface area contributed by atoms with E-state index in [4.69, 9.17) is 16.3 Å². The Balaban J connectivity index is 2.26. The molecule has 0 spiro atoms. The molecule has 0 saturated carbocycles. The van der Waals surface area contributed by atoms with Crippen molar-refractivity contribution < 1.29 is 9.53 Å². The number of ether oxygens (including phenoxy) is 1. The van der Waals surface area contributed by atoms with Gasteiger partial charge in [-0.15, -0.1) is 0 Å². The van der Waals surface area contributed by atoms with Crippen molar-refractivity contribution in [3.05, 3.63) is 58.6 Å². The van der Waals surface area contributed by atoms with E-state index < -0.39 is 0 Å². The molecule has 0 aliphatic rings. The van der Waals surface area contributed by atoms with E-state index in [1.54, 1.807) is 0 Å². The van der Waals surface area contributed by atoms with Gasteiger partial charge < -0.3 is 9.30 Å². The van der Waals surface area contributed by atoms with E-state index in [0.29, 0.717) is 5.56 Å². The molecule has 3 aromatic carbocycles. The fraction of sp³-hybridized carbons (Fsp3) is 0.227. The van der Waals surface area contributed by atoms with Gasteiger partial charge in [0.15, 0.2) is 0 Å². The van der Waals surface area contributed by atoms with Crippen molar-refractivity contribution in [1.82, 2.24) is 4.57 Å². The van der Waals surface area contributed by atoms with E-state index in [1.807, 2.05) is 30.3 Å². The van der Waals surface area contributed by atoms with Crippen molar-refractivity contribution >= 4 is 50.1 Å². The first kappa shape index (κ1) is 16.9. The van der Waals surface area contributed by atoms with Crippen LogP contribution in [0.2, 0.25) is 5.02 Å². The lowest BCUT2D eigenvalue weighted by Gasteiger charge is -2.12. The first-order valence-corrected chi connectivity index (χ1v) is 9.15. The minimum Gasteiger partial charge on any atom is -0.465 e. The van der Waals surface area contributed by atoms with Gasteiger partial charge in [0.1, 0.15) is 0 Å². The zero-order valence-electron chi connectivity index (χ0n) is 15.1. The molecule has 0 atom stereocenters. The van der Waals surface area contributed by atoms with Gasteiger partial charge in [0.2, 0.25) is 0 Å². The molecule has 0 bridgehead atoms. The van der Waals surface area contributed by atoms with Crippen LogP contribution in [0.3, 0.4) is 0 Å². The molecule has 0 aliphatic carbocycles. The third-order valence-electron chi connectivity index (χ3n) is 5.11. The van der Waals surface area contributed by atoms with Crippen LogP contribution in [0.15, 0.2) is 42.5 Å². The monoisotopic (exact) mass is 365 g/mol. The van der Waals surface area contributed by atoms with Crippen molar-refractivity contribution in [3.8, 4) is 0 Å². The summed E-state index contributed by atoms with van der Waals surface area (Å²) in [5, 5.41) is 5.20. The number of fused-ring (bicyclic) bond motifs is 5. The molecule has 0 aliphatic heterocycles. The Morgan fingerprint density at radius 2 is 1.85 bits per heavy atom. The maximum Gasteiger partial charge on any atom is 0.337 e. The van der Waals surface area contributed by atoms with Crippen LogP contribution in [0, 0.1) is 0 Å². The molecule has 3 nitrogen and oxygen atoms in total. The second kappa shape index (κ2) is 6.33. The van der Waals surface area contributed by atoms with E-state index in [-0.39, 0.29) is 5.97 Å². The summed E-state index contributed by atoms with van der Waals surface area (Å²) < 4.78 is 7.10. The molecular weight excluding hydrogens is 346 g/mol. The van der Waals surface area contributed by atoms with Gasteiger partial charge in [-0.2, -0.15) is 0 Å². The Morgan fingerprint density at radius 3 is 2.54 bits per heavy atom. The lowest BCUT2D eigenvalue weighted by molar-refractivity contribution is 0.0601. The summed E-state index contributed by atoms with van der Waals surface area (Å²) in [6.07, 6.45) is 1.89. The topological polar surface area (TPSA) is 31.2 Å². The van der Waals surface area contributed by atoms with E-state index in [0.717, 1.165) is 56.0 Å². The summed E-state index contributed by atoms with van der Waals surface area (Å²) in [7, 11) is 3.47. The maximum absolute atomic E-state index is 12.0. The molecule has 4 rings (SSSR count). The fourth-order valence-corrected chi connectivity index (χ4v) is 4.30. The van der Waals surface area contributed by atoms with Crippen LogP contribution in [-0.4, -0.2) is 17.6 Å². The molecule has 1 heterocycles. The van der Waals surface area contributed by atoms with Crippen molar-refractivity contribution in [2.75, 3.05) is 7.11 Å². The van der Waals surface area contributed by atoms with Crippen LogP contribution in [0.1, 0.15) is 29.3 Å². The van der Waals surface area contributed by atoms with Gasteiger partial charge in [-0.1, -0.05) is 49.2 Å². The summed E-state index contributed by atoms with van der Waals surface area (Å²) in [5.74, 6) is -0.326. The number of nitrogens with zero attached hydrogens (tertiary/aromatic N) is 1. The van der Waals surface area contributed by atoms with Crippen molar-refractivity contribution in [1.29, 1.82) is 0 Å². The molecule has 26 heavy (non-hydrogen) atoms. The maximum atomic E-state index is 12.0. The number of hydrogen-bond donors (Lipinski definition) is 0. The lowest BCUT2D eigenvalue weighted by Crippen LogP contribution is -2.00. The molecule has 0 saturated heterocycles. The van der Waals surface area contributed by atoms with Gasteiger partial charge in [0.25, 0.3) is 0 Å². The predicted molar refractivity (Wildman–Crippen MR) is 108 cm³/mol. The molecular formula is C22H20ClNO2. The number of halogens is 1. The lowest BCUT2D eigenvalue weighted by atomic mass is 9.96. The van der Waals surface area contributed by atoms with Gasteiger partial charge in [-0.25, -0.2) is 4.79 Å². The Hall–Kier alpha value is -2.52. The standard InChI is InChI=1S/C22H20ClNO2/c1-4-7-16-19-17-12-13(22(25)26-3)10-11-18(17)24(2)21(19)15-9-6-5-8-14(15)20(16)23/h5-6,8-12H,4,7H2,1-3H3. The van der Waals surface area contributed by atoms with Crippen molar-refractivity contribution in [2.45, 2.75) is 19.8 Å². The molecule has 0 amide bonds. The number of carbonyl (C=O) groups is 1. The van der Waals surface area contributed by atoms with Crippen LogP contribution in [0.5, 0.6) is 0 Å². The number of carbonyl (C=O) groups excluding carboxylic acids is 1. The van der Waals surface area contributed by atoms with Gasteiger partial charge in [-0.3, -0.25) is 0 Å². The molecule has 0 radical (unpaired) electrons. The summed E-state index contributed by atoms with van der Waals surface area (Å²) in [5.41, 5.74) is 3.94. The molecule has 4 heteroatoms. The first-order valence-electron chi connectivity index (χ1n) is 8.78. The number of rotatable bonds is 3. The second-order valence-electron chi connectivity index (χ2n) is 6.59. The number of aromatic nitrogens is 1. The fourth-order valence-electron chi connectivity index (χ4n) is 3.95. The second-order valence-corrected chi connectivity index (χ2v) is 6.97. The normalized spacial score (nSPS) is 11.5. The summed E-state index contributed by atoms with van der Waals surface area (Å²) in [4.78, 5) is 12.0. The Bertz CT molecular complexity index is 1170. The number of aryl methyl sites for hydroxylation is 2. The average Bonchev–Trinajstić information content (AvgIpc) is 2.96. The van der Waals surface area contributed by atoms with Crippen LogP contribution in [0.4, 0.5) is 0 Å². The largest absolute Gasteiger partial charge is 0.465 e. The highest BCUT2D eigenvalue weighted by atomic mass is 35.5. The molecule has 4 aromatic rings. The van der Waals surface area contributed by atoms with Crippen molar-refractivity contribution in [3.63, 3.8) is 0 Å².